The van der Waals surface area contributed by atoms with Gasteiger partial charge in [-0.05, 0) is 56.5 Å². The molecular weight excluding hydrogens is 412 g/mol. The molecule has 0 radical (unpaired) electrons. The average molecular weight is 439 g/mol. The topological polar surface area (TPSA) is 77.2 Å². The van der Waals surface area contributed by atoms with E-state index in [1.165, 1.54) is 0 Å². The third kappa shape index (κ3) is 5.49. The molecule has 2 aliphatic rings. The maximum absolute atomic E-state index is 12.8. The minimum absolute atomic E-state index is 0.121. The fourth-order valence-electron chi connectivity index (χ4n) is 4.17. The highest BCUT2D eigenvalue weighted by molar-refractivity contribution is 6.31. The predicted octanol–water partition coefficient (Wildman–Crippen LogP) is 3.24. The Bertz CT molecular complexity index is 1080. The zero-order valence-electron chi connectivity index (χ0n) is 17.6. The van der Waals surface area contributed by atoms with Crippen LogP contribution in [0.5, 0.6) is 0 Å². The smallest absolute Gasteiger partial charge is 0.296 e. The van der Waals surface area contributed by atoms with Gasteiger partial charge in [-0.15, -0.1) is 0 Å². The van der Waals surface area contributed by atoms with Crippen LogP contribution in [0.25, 0.3) is 10.9 Å². The minimum atomic E-state index is -0.286. The summed E-state index contributed by atoms with van der Waals surface area (Å²) in [4.78, 5) is 30.6. The number of hydrogen-bond donors (Lipinski definition) is 3. The molecule has 4 rings (SSSR count). The number of carbonyl (C=O) groups is 2. The molecule has 1 aromatic carbocycles. The van der Waals surface area contributed by atoms with Crippen molar-refractivity contribution in [2.45, 2.75) is 44.2 Å². The van der Waals surface area contributed by atoms with E-state index in [1.54, 1.807) is 12.1 Å². The summed E-state index contributed by atoms with van der Waals surface area (Å²) in [5.41, 5.74) is 2.36. The van der Waals surface area contributed by atoms with E-state index in [-0.39, 0.29) is 23.9 Å². The second-order valence-electron chi connectivity index (χ2n) is 8.35. The zero-order chi connectivity index (χ0) is 21.8. The van der Waals surface area contributed by atoms with Crippen LogP contribution >= 0.6 is 11.6 Å². The maximum Gasteiger partial charge on any atom is 0.296 e. The van der Waals surface area contributed by atoms with E-state index < -0.39 is 0 Å². The van der Waals surface area contributed by atoms with Gasteiger partial charge in [-0.3, -0.25) is 9.59 Å². The van der Waals surface area contributed by atoms with Crippen LogP contribution in [0.1, 0.15) is 42.6 Å². The van der Waals surface area contributed by atoms with Crippen LogP contribution in [0, 0.1) is 11.8 Å². The Morgan fingerprint density at radius 3 is 2.68 bits per heavy atom. The highest BCUT2D eigenvalue weighted by atomic mass is 35.5. The predicted molar refractivity (Wildman–Crippen MR) is 123 cm³/mol. The SMILES string of the molecule is CN1CC=C(C#CC(=O)N[C@H]2CCCC[C@H]2NC(=O)c2cc3cc(Cl)ccc3[nH]2)CC1. The van der Waals surface area contributed by atoms with Crippen molar-refractivity contribution in [3.05, 3.63) is 46.6 Å². The van der Waals surface area contributed by atoms with Gasteiger partial charge in [0.25, 0.3) is 11.8 Å². The molecule has 0 spiro atoms. The fourth-order valence-corrected chi connectivity index (χ4v) is 4.35. The molecule has 31 heavy (non-hydrogen) atoms. The molecule has 2 atom stereocenters. The molecule has 2 amide bonds. The standard InChI is InChI=1S/C24H27ClN4O2/c1-29-12-10-16(11-13-29)6-9-23(30)27-20-4-2-3-5-21(20)28-24(31)22-15-17-14-18(25)7-8-19(17)26-22/h7-8,10,14-15,20-21,26H,2-5,11-13H2,1H3,(H,27,30)(H,28,31)/t20-,21+/m0/s1. The summed E-state index contributed by atoms with van der Waals surface area (Å²) in [5.74, 6) is 5.26. The third-order valence-corrected chi connectivity index (χ3v) is 6.21. The van der Waals surface area contributed by atoms with Crippen molar-refractivity contribution in [3.8, 4) is 11.8 Å². The number of aromatic nitrogens is 1. The van der Waals surface area contributed by atoms with Gasteiger partial charge in [0.1, 0.15) is 5.69 Å². The summed E-state index contributed by atoms with van der Waals surface area (Å²) in [5, 5.41) is 7.63. The number of fused-ring (bicyclic) bond motifs is 1. The molecule has 1 fully saturated rings. The van der Waals surface area contributed by atoms with E-state index in [0.29, 0.717) is 10.7 Å². The number of H-pyrrole nitrogens is 1. The van der Waals surface area contributed by atoms with Gasteiger partial charge < -0.3 is 20.5 Å². The summed E-state index contributed by atoms with van der Waals surface area (Å²) in [6, 6.07) is 7.03. The Hall–Kier alpha value is -2.75. The van der Waals surface area contributed by atoms with Crippen LogP contribution in [-0.4, -0.2) is 53.9 Å². The average Bonchev–Trinajstić information content (AvgIpc) is 3.18. The number of benzene rings is 1. The van der Waals surface area contributed by atoms with E-state index in [0.717, 1.165) is 61.7 Å². The summed E-state index contributed by atoms with van der Waals surface area (Å²) < 4.78 is 0. The van der Waals surface area contributed by atoms with E-state index >= 15 is 0 Å². The molecule has 1 aliphatic heterocycles. The lowest BCUT2D eigenvalue weighted by molar-refractivity contribution is -0.116. The molecule has 1 aromatic heterocycles. The molecule has 6 nitrogen and oxygen atoms in total. The number of amides is 2. The Morgan fingerprint density at radius 1 is 1.16 bits per heavy atom. The van der Waals surface area contributed by atoms with Gasteiger partial charge in [0.2, 0.25) is 0 Å². The van der Waals surface area contributed by atoms with Crippen LogP contribution in [-0.2, 0) is 4.79 Å². The second-order valence-corrected chi connectivity index (χ2v) is 8.79. The minimum Gasteiger partial charge on any atom is -0.351 e. The first kappa shape index (κ1) is 21.5. The van der Waals surface area contributed by atoms with Crippen molar-refractivity contribution in [3.63, 3.8) is 0 Å². The molecule has 0 unspecified atom stereocenters. The summed E-state index contributed by atoms with van der Waals surface area (Å²) >= 11 is 6.04. The van der Waals surface area contributed by atoms with E-state index in [4.69, 9.17) is 11.6 Å². The second kappa shape index (κ2) is 9.59. The van der Waals surface area contributed by atoms with E-state index in [2.05, 4.69) is 45.5 Å². The molecule has 3 N–H and O–H groups in total. The molecule has 1 saturated carbocycles. The number of nitrogens with one attached hydrogen (secondary N) is 3. The number of likely N-dealkylation sites (N-methyl/N-ethyl adjacent to an activating group) is 1. The third-order valence-electron chi connectivity index (χ3n) is 5.98. The van der Waals surface area contributed by atoms with Gasteiger partial charge in [-0.1, -0.05) is 36.4 Å². The molecular formula is C24H27ClN4O2. The largest absolute Gasteiger partial charge is 0.351 e. The van der Waals surface area contributed by atoms with E-state index in [1.807, 2.05) is 12.1 Å². The summed E-state index contributed by atoms with van der Waals surface area (Å²) in [6.07, 6.45) is 6.64. The van der Waals surface area contributed by atoms with Gasteiger partial charge in [-0.2, -0.15) is 0 Å². The van der Waals surface area contributed by atoms with Crippen LogP contribution in [0.15, 0.2) is 35.9 Å². The van der Waals surface area contributed by atoms with Crippen molar-refractivity contribution >= 4 is 34.3 Å². The first-order chi connectivity index (χ1) is 15.0. The lowest BCUT2D eigenvalue weighted by atomic mass is 9.90. The van der Waals surface area contributed by atoms with Crippen molar-refractivity contribution < 1.29 is 9.59 Å². The Kier molecular flexibility index (Phi) is 6.64. The quantitative estimate of drug-likeness (QED) is 0.644. The van der Waals surface area contributed by atoms with Crippen LogP contribution in [0.2, 0.25) is 5.02 Å². The molecule has 1 aliphatic carbocycles. The Balaban J connectivity index is 1.39. The zero-order valence-corrected chi connectivity index (χ0v) is 18.4. The van der Waals surface area contributed by atoms with Crippen molar-refractivity contribution in [1.29, 1.82) is 0 Å². The van der Waals surface area contributed by atoms with Crippen molar-refractivity contribution in [2.24, 2.45) is 0 Å². The number of rotatable bonds is 3. The van der Waals surface area contributed by atoms with Crippen LogP contribution in [0.4, 0.5) is 0 Å². The monoisotopic (exact) mass is 438 g/mol. The lowest BCUT2D eigenvalue weighted by Crippen LogP contribution is -2.53. The number of carbonyl (C=O) groups excluding carboxylic acids is 2. The molecule has 7 heteroatoms. The van der Waals surface area contributed by atoms with Crippen molar-refractivity contribution in [1.82, 2.24) is 20.5 Å². The fraction of sp³-hybridized carbons (Fsp3) is 0.417. The van der Waals surface area contributed by atoms with Gasteiger partial charge in [0, 0.05) is 46.7 Å². The lowest BCUT2D eigenvalue weighted by Gasteiger charge is -2.32. The highest BCUT2D eigenvalue weighted by Gasteiger charge is 2.28. The van der Waals surface area contributed by atoms with E-state index in [9.17, 15) is 9.59 Å². The van der Waals surface area contributed by atoms with Crippen molar-refractivity contribution in [2.75, 3.05) is 20.1 Å². The molecule has 0 saturated heterocycles. The molecule has 2 heterocycles. The normalized spacial score (nSPS) is 21.7. The van der Waals surface area contributed by atoms with Crippen LogP contribution in [0.3, 0.4) is 0 Å². The number of hydrogen-bond acceptors (Lipinski definition) is 3. The summed E-state index contributed by atoms with van der Waals surface area (Å²) in [6.45, 7) is 1.82. The van der Waals surface area contributed by atoms with Gasteiger partial charge >= 0.3 is 0 Å². The molecule has 2 aromatic rings. The first-order valence-electron chi connectivity index (χ1n) is 10.8. The van der Waals surface area contributed by atoms with Gasteiger partial charge in [0.15, 0.2) is 0 Å². The van der Waals surface area contributed by atoms with Gasteiger partial charge in [0.05, 0.1) is 0 Å². The number of halogens is 1. The highest BCUT2D eigenvalue weighted by Crippen LogP contribution is 2.22. The Morgan fingerprint density at radius 2 is 1.94 bits per heavy atom. The molecule has 0 bridgehead atoms. The molecule has 162 valence electrons. The number of aromatic amines is 1. The van der Waals surface area contributed by atoms with Crippen LogP contribution < -0.4 is 10.6 Å². The van der Waals surface area contributed by atoms with Gasteiger partial charge in [-0.25, -0.2) is 0 Å². The first-order valence-corrected chi connectivity index (χ1v) is 11.1. The number of nitrogens with zero attached hydrogens (tertiary/aromatic N) is 1. The summed E-state index contributed by atoms with van der Waals surface area (Å²) in [7, 11) is 2.07. The Labute approximate surface area is 187 Å². The maximum atomic E-state index is 12.8.